The molecule has 0 aliphatic rings. The van der Waals surface area contributed by atoms with Crippen LogP contribution in [0.25, 0.3) is 11.3 Å². The second-order valence-corrected chi connectivity index (χ2v) is 5.36. The molecule has 1 N–H and O–H groups in total. The van der Waals surface area contributed by atoms with E-state index in [1.54, 1.807) is 0 Å². The van der Waals surface area contributed by atoms with Gasteiger partial charge in [0.05, 0.1) is 6.07 Å². The molecule has 0 saturated carbocycles. The van der Waals surface area contributed by atoms with Crippen LogP contribution in [0.1, 0.15) is 0 Å². The molecule has 6 heteroatoms. The highest BCUT2D eigenvalue weighted by Gasteiger charge is 2.12. The summed E-state index contributed by atoms with van der Waals surface area (Å²) in [7, 11) is 0. The maximum atomic E-state index is 10.5. The largest absolute Gasteiger partial charge is 0.360 e. The molecule has 1 unspecified atom stereocenters. The van der Waals surface area contributed by atoms with Crippen LogP contribution >= 0.6 is 22.9 Å². The Kier molecular flexibility index (Phi) is 4.50. The van der Waals surface area contributed by atoms with Gasteiger partial charge in [-0.1, -0.05) is 53.3 Å². The highest BCUT2D eigenvalue weighted by Crippen LogP contribution is 2.34. The molecule has 1 aromatic heterocycles. The molecule has 0 saturated heterocycles. The quantitative estimate of drug-likeness (QED) is 0.859. The summed E-state index contributed by atoms with van der Waals surface area (Å²) < 4.78 is 0.577. The van der Waals surface area contributed by atoms with Crippen LogP contribution in [0.5, 0.6) is 0 Å². The van der Waals surface area contributed by atoms with Crippen LogP contribution in [0.4, 0.5) is 5.13 Å². The molecule has 0 radical (unpaired) electrons. The molecule has 1 aromatic carbocycles. The number of carbonyl (C=O) groups excluding carboxylic acids is 1. The number of hydrogen-bond acceptors (Lipinski definition) is 5. The van der Waals surface area contributed by atoms with Gasteiger partial charge in [-0.05, 0) is 0 Å². The molecule has 1 heterocycles. The summed E-state index contributed by atoms with van der Waals surface area (Å²) in [5.74, 6) is -0.678. The van der Waals surface area contributed by atoms with Crippen molar-refractivity contribution >= 4 is 34.4 Å². The van der Waals surface area contributed by atoms with E-state index in [0.29, 0.717) is 21.4 Å². The lowest BCUT2D eigenvalue weighted by molar-refractivity contribution is -0.109. The van der Waals surface area contributed by atoms with Crippen molar-refractivity contribution in [1.82, 2.24) is 4.98 Å². The van der Waals surface area contributed by atoms with Crippen LogP contribution in [0.3, 0.4) is 0 Å². The van der Waals surface area contributed by atoms with E-state index in [9.17, 15) is 4.79 Å². The third-order valence-corrected chi connectivity index (χ3v) is 3.65. The predicted molar refractivity (Wildman–Crippen MR) is 76.2 cm³/mol. The van der Waals surface area contributed by atoms with Gasteiger partial charge in [0, 0.05) is 12.1 Å². The van der Waals surface area contributed by atoms with E-state index in [-0.39, 0.29) is 6.54 Å². The van der Waals surface area contributed by atoms with Crippen LogP contribution < -0.4 is 5.32 Å². The predicted octanol–water partition coefficient (Wildman–Crippen LogP) is 3.21. The number of nitriles is 1. The molecule has 0 aliphatic carbocycles. The van der Waals surface area contributed by atoms with Crippen molar-refractivity contribution < 1.29 is 4.79 Å². The van der Waals surface area contributed by atoms with E-state index in [1.165, 1.54) is 11.3 Å². The number of thiazole rings is 1. The van der Waals surface area contributed by atoms with Crippen LogP contribution in [-0.4, -0.2) is 17.8 Å². The Morgan fingerprint density at radius 2 is 2.21 bits per heavy atom. The van der Waals surface area contributed by atoms with Crippen molar-refractivity contribution in [3.8, 4) is 17.3 Å². The van der Waals surface area contributed by atoms with Crippen molar-refractivity contribution in [3.05, 3.63) is 34.7 Å². The molecule has 0 amide bonds. The molecule has 2 aromatic rings. The monoisotopic (exact) mass is 291 g/mol. The SMILES string of the molecule is N#CC(C=O)CNc1nc(-c2ccccc2)c(Cl)s1. The van der Waals surface area contributed by atoms with Gasteiger partial charge in [0.25, 0.3) is 0 Å². The van der Waals surface area contributed by atoms with Crippen LogP contribution in [0, 0.1) is 17.2 Å². The molecule has 0 spiro atoms. The first-order valence-corrected chi connectivity index (χ1v) is 6.74. The lowest BCUT2D eigenvalue weighted by atomic mass is 10.2. The van der Waals surface area contributed by atoms with E-state index >= 15 is 0 Å². The van der Waals surface area contributed by atoms with Crippen molar-refractivity contribution in [3.63, 3.8) is 0 Å². The summed E-state index contributed by atoms with van der Waals surface area (Å²) in [5.41, 5.74) is 1.64. The Morgan fingerprint density at radius 3 is 2.84 bits per heavy atom. The maximum absolute atomic E-state index is 10.5. The highest BCUT2D eigenvalue weighted by atomic mass is 35.5. The maximum Gasteiger partial charge on any atom is 0.184 e. The Hall–Kier alpha value is -1.90. The smallest absolute Gasteiger partial charge is 0.184 e. The van der Waals surface area contributed by atoms with Crippen molar-refractivity contribution in [2.75, 3.05) is 11.9 Å². The topological polar surface area (TPSA) is 65.8 Å². The molecule has 4 nitrogen and oxygen atoms in total. The Bertz CT molecular complexity index is 606. The number of nitrogens with zero attached hydrogens (tertiary/aromatic N) is 2. The fourth-order valence-electron chi connectivity index (χ4n) is 1.47. The van der Waals surface area contributed by atoms with E-state index in [2.05, 4.69) is 10.3 Å². The number of aromatic nitrogens is 1. The number of aldehydes is 1. The van der Waals surface area contributed by atoms with Gasteiger partial charge in [0.15, 0.2) is 5.13 Å². The molecule has 0 bridgehead atoms. The first-order valence-electron chi connectivity index (χ1n) is 5.55. The van der Waals surface area contributed by atoms with Crippen LogP contribution in [-0.2, 0) is 4.79 Å². The molecule has 0 fully saturated rings. The van der Waals surface area contributed by atoms with Crippen LogP contribution in [0.2, 0.25) is 4.34 Å². The third kappa shape index (κ3) is 3.31. The first-order chi connectivity index (χ1) is 9.24. The average Bonchev–Trinajstić information content (AvgIpc) is 2.82. The van der Waals surface area contributed by atoms with Crippen molar-refractivity contribution in [2.24, 2.45) is 5.92 Å². The van der Waals surface area contributed by atoms with Crippen LogP contribution in [0.15, 0.2) is 30.3 Å². The van der Waals surface area contributed by atoms with Crippen molar-refractivity contribution in [2.45, 2.75) is 0 Å². The third-order valence-electron chi connectivity index (χ3n) is 2.44. The van der Waals surface area contributed by atoms with E-state index in [0.717, 1.165) is 5.56 Å². The zero-order valence-electron chi connectivity index (χ0n) is 9.84. The Balaban J connectivity index is 2.14. The molecule has 0 aliphatic heterocycles. The summed E-state index contributed by atoms with van der Waals surface area (Å²) in [5, 5.41) is 12.2. The van der Waals surface area contributed by atoms with Gasteiger partial charge in [-0.25, -0.2) is 4.98 Å². The second kappa shape index (κ2) is 6.32. The van der Waals surface area contributed by atoms with Gasteiger partial charge in [-0.15, -0.1) is 0 Å². The minimum absolute atomic E-state index is 0.234. The van der Waals surface area contributed by atoms with Gasteiger partial charge in [-0.3, -0.25) is 0 Å². The second-order valence-electron chi connectivity index (χ2n) is 3.76. The Labute approximate surface area is 119 Å². The zero-order valence-corrected chi connectivity index (χ0v) is 11.4. The molecule has 1 atom stereocenters. The van der Waals surface area contributed by atoms with Gasteiger partial charge in [0.2, 0.25) is 0 Å². The molecule has 2 rings (SSSR count). The molecule has 96 valence electrons. The number of halogens is 1. The minimum atomic E-state index is -0.678. The van der Waals surface area contributed by atoms with E-state index in [4.69, 9.17) is 16.9 Å². The lowest BCUT2D eigenvalue weighted by Crippen LogP contribution is -2.13. The first kappa shape index (κ1) is 13.5. The minimum Gasteiger partial charge on any atom is -0.360 e. The Morgan fingerprint density at radius 1 is 1.47 bits per heavy atom. The lowest BCUT2D eigenvalue weighted by Gasteiger charge is -2.01. The van der Waals surface area contributed by atoms with Gasteiger partial charge in [0.1, 0.15) is 22.2 Å². The van der Waals surface area contributed by atoms with Crippen molar-refractivity contribution in [1.29, 1.82) is 5.26 Å². The van der Waals surface area contributed by atoms with Gasteiger partial charge in [-0.2, -0.15) is 5.26 Å². The van der Waals surface area contributed by atoms with Gasteiger partial charge < -0.3 is 10.1 Å². The number of anilines is 1. The van der Waals surface area contributed by atoms with Gasteiger partial charge >= 0.3 is 0 Å². The standard InChI is InChI=1S/C13H10ClN3OS/c14-12-11(10-4-2-1-3-5-10)17-13(19-12)16-7-9(6-15)8-18/h1-5,8-9H,7H2,(H,16,17). The highest BCUT2D eigenvalue weighted by molar-refractivity contribution is 7.20. The fourth-order valence-corrected chi connectivity index (χ4v) is 2.57. The summed E-state index contributed by atoms with van der Waals surface area (Å²) >= 11 is 7.43. The average molecular weight is 292 g/mol. The summed E-state index contributed by atoms with van der Waals surface area (Å²) in [4.78, 5) is 14.9. The summed E-state index contributed by atoms with van der Waals surface area (Å²) in [6, 6.07) is 11.5. The fraction of sp³-hybridized carbons (Fsp3) is 0.154. The summed E-state index contributed by atoms with van der Waals surface area (Å²) in [6.45, 7) is 0.234. The molecular weight excluding hydrogens is 282 g/mol. The number of benzene rings is 1. The molecular formula is C13H10ClN3OS. The number of nitrogens with one attached hydrogen (secondary N) is 1. The normalized spacial score (nSPS) is 11.6. The molecule has 19 heavy (non-hydrogen) atoms. The van der Waals surface area contributed by atoms with E-state index in [1.807, 2.05) is 36.4 Å². The number of rotatable bonds is 5. The van der Waals surface area contributed by atoms with E-state index < -0.39 is 5.92 Å². The number of carbonyl (C=O) groups is 1. The number of hydrogen-bond donors (Lipinski definition) is 1. The zero-order chi connectivity index (χ0) is 13.7. The summed E-state index contributed by atoms with van der Waals surface area (Å²) in [6.07, 6.45) is 0.611.